The average molecular weight is 530 g/mol. The molecule has 0 bridgehead atoms. The van der Waals surface area contributed by atoms with E-state index in [0.29, 0.717) is 11.3 Å². The van der Waals surface area contributed by atoms with Gasteiger partial charge in [-0.1, -0.05) is 85.3 Å². The minimum Gasteiger partial charge on any atom is -0.431 e. The molecule has 1 saturated heterocycles. The van der Waals surface area contributed by atoms with Crippen LogP contribution in [0.2, 0.25) is 0 Å². The van der Waals surface area contributed by atoms with E-state index in [-0.39, 0.29) is 12.2 Å². The predicted molar refractivity (Wildman–Crippen MR) is 157 cm³/mol. The van der Waals surface area contributed by atoms with Crippen molar-refractivity contribution in [1.82, 2.24) is 4.90 Å². The molecule has 0 amide bonds. The van der Waals surface area contributed by atoms with Gasteiger partial charge in [0.15, 0.2) is 0 Å². The summed E-state index contributed by atoms with van der Waals surface area (Å²) in [4.78, 5) is 14.9. The summed E-state index contributed by atoms with van der Waals surface area (Å²) in [6, 6.07) is 0. The molecule has 1 heterocycles. The van der Waals surface area contributed by atoms with E-state index in [0.717, 1.165) is 74.3 Å². The fraction of sp³-hybridized carbons (Fsp3) is 0.912. The molecule has 3 fully saturated rings. The molecule has 4 heteroatoms. The monoisotopic (exact) mass is 529 g/mol. The van der Waals surface area contributed by atoms with Crippen molar-refractivity contribution in [2.24, 2.45) is 46.8 Å². The van der Waals surface area contributed by atoms with Gasteiger partial charge in [0.25, 0.3) is 0 Å². The number of likely N-dealkylation sites (tertiary alicyclic amines) is 1. The van der Waals surface area contributed by atoms with E-state index < -0.39 is 6.16 Å². The van der Waals surface area contributed by atoms with Crippen LogP contribution < -0.4 is 0 Å². The lowest BCUT2D eigenvalue weighted by Gasteiger charge is -2.56. The lowest BCUT2D eigenvalue weighted by molar-refractivity contribution is -0.0760. The average Bonchev–Trinajstić information content (AvgIpc) is 2.86. The molecule has 1 aliphatic heterocycles. The lowest BCUT2D eigenvalue weighted by atomic mass is 9.49. The van der Waals surface area contributed by atoms with Crippen molar-refractivity contribution >= 4 is 6.16 Å². The van der Waals surface area contributed by atoms with Crippen molar-refractivity contribution in [2.45, 2.75) is 130 Å². The van der Waals surface area contributed by atoms with Crippen LogP contribution in [0.5, 0.6) is 0 Å². The number of carbonyl (C=O) groups excluding carboxylic acids is 1. The first kappa shape index (κ1) is 29.9. The Hall–Kier alpha value is -1.03. The van der Waals surface area contributed by atoms with Crippen LogP contribution in [-0.4, -0.2) is 43.4 Å². The summed E-state index contributed by atoms with van der Waals surface area (Å²) in [5.74, 6) is 5.43. The fourth-order valence-electron chi connectivity index (χ4n) is 8.63. The number of ether oxygens (including phenoxy) is 2. The number of nitrogens with zero attached hydrogens (tertiary/aromatic N) is 1. The number of fused-ring (bicyclic) bond motifs is 3. The second kappa shape index (κ2) is 13.6. The molecule has 2 unspecified atom stereocenters. The predicted octanol–water partition coefficient (Wildman–Crippen LogP) is 8.89. The van der Waals surface area contributed by atoms with Crippen LogP contribution in [0.1, 0.15) is 118 Å². The third kappa shape index (κ3) is 7.58. The van der Waals surface area contributed by atoms with E-state index in [1.807, 2.05) is 0 Å². The minimum atomic E-state index is -0.434. The third-order valence-electron chi connectivity index (χ3n) is 11.3. The van der Waals surface area contributed by atoms with Crippen LogP contribution >= 0.6 is 0 Å². The lowest BCUT2D eigenvalue weighted by Crippen LogP contribution is -2.50. The molecule has 8 atom stereocenters. The Kier molecular flexibility index (Phi) is 10.7. The highest BCUT2D eigenvalue weighted by Gasteiger charge is 2.52. The van der Waals surface area contributed by atoms with Crippen molar-refractivity contribution in [1.29, 1.82) is 0 Å². The van der Waals surface area contributed by atoms with Gasteiger partial charge in [-0.3, -0.25) is 0 Å². The normalized spacial score (nSPS) is 36.9. The second-order valence-corrected chi connectivity index (χ2v) is 14.6. The van der Waals surface area contributed by atoms with Gasteiger partial charge in [-0.25, -0.2) is 4.79 Å². The Labute approximate surface area is 234 Å². The number of hydrogen-bond donors (Lipinski definition) is 0. The highest BCUT2D eigenvalue weighted by molar-refractivity contribution is 5.60. The van der Waals surface area contributed by atoms with Crippen molar-refractivity contribution < 1.29 is 14.3 Å². The fourth-order valence-corrected chi connectivity index (χ4v) is 8.63. The Morgan fingerprint density at radius 3 is 2.39 bits per heavy atom. The first-order chi connectivity index (χ1) is 18.2. The second-order valence-electron chi connectivity index (χ2n) is 14.6. The van der Waals surface area contributed by atoms with Gasteiger partial charge in [0.2, 0.25) is 0 Å². The topological polar surface area (TPSA) is 38.8 Å². The molecule has 218 valence electrons. The van der Waals surface area contributed by atoms with Crippen LogP contribution in [0.3, 0.4) is 0 Å². The number of allylic oxidation sites excluding steroid dienone is 2. The largest absolute Gasteiger partial charge is 0.508 e. The summed E-state index contributed by atoms with van der Waals surface area (Å²) in [6.45, 7) is 14.2. The molecule has 38 heavy (non-hydrogen) atoms. The van der Waals surface area contributed by atoms with E-state index in [9.17, 15) is 4.79 Å². The molecule has 4 rings (SSSR count). The molecule has 0 aromatic carbocycles. The van der Waals surface area contributed by atoms with Gasteiger partial charge in [0.05, 0.1) is 0 Å². The molecular weight excluding hydrogens is 470 g/mol. The summed E-state index contributed by atoms with van der Waals surface area (Å²) in [7, 11) is 2.13. The Bertz CT molecular complexity index is 772. The van der Waals surface area contributed by atoms with Crippen molar-refractivity contribution in [3.05, 3.63) is 12.2 Å². The van der Waals surface area contributed by atoms with Crippen molar-refractivity contribution in [2.75, 3.05) is 20.1 Å². The molecule has 2 saturated carbocycles. The number of piperidine rings is 1. The maximum Gasteiger partial charge on any atom is 0.508 e. The number of rotatable bonds is 10. The van der Waals surface area contributed by atoms with Gasteiger partial charge in [0, 0.05) is 13.1 Å². The molecule has 3 aliphatic carbocycles. The van der Waals surface area contributed by atoms with Gasteiger partial charge in [-0.2, -0.15) is 0 Å². The number of carbonyl (C=O) groups is 1. The van der Waals surface area contributed by atoms with Gasteiger partial charge in [0.1, 0.15) is 12.2 Å². The van der Waals surface area contributed by atoms with Crippen molar-refractivity contribution in [3.63, 3.8) is 0 Å². The van der Waals surface area contributed by atoms with Gasteiger partial charge in [-0.05, 0) is 98.8 Å². The molecule has 4 nitrogen and oxygen atoms in total. The molecular formula is C34H59NO3. The van der Waals surface area contributed by atoms with Crippen LogP contribution in [-0.2, 0) is 9.47 Å². The molecule has 0 aromatic heterocycles. The van der Waals surface area contributed by atoms with E-state index in [1.54, 1.807) is 0 Å². The summed E-state index contributed by atoms with van der Waals surface area (Å²) in [6.07, 6.45) is 20.8. The zero-order chi connectivity index (χ0) is 27.3. The quantitative estimate of drug-likeness (QED) is 0.209. The zero-order valence-corrected chi connectivity index (χ0v) is 25.6. The molecule has 0 aromatic rings. The Balaban J connectivity index is 1.28. The van der Waals surface area contributed by atoms with Crippen molar-refractivity contribution in [3.8, 4) is 0 Å². The maximum absolute atomic E-state index is 12.6. The first-order valence-corrected chi connectivity index (χ1v) is 16.4. The maximum atomic E-state index is 12.6. The summed E-state index contributed by atoms with van der Waals surface area (Å²) >= 11 is 0. The third-order valence-corrected chi connectivity index (χ3v) is 11.3. The first-order valence-electron chi connectivity index (χ1n) is 16.4. The standard InChI is InChI=1S/C34H59NO3/c1-24(2)9-7-10-25(3)11-8-12-30-26(4)13-16-32-31(30)15-14-27-23-29(17-20-34(27,32)5)38-33(36)37-28-18-21-35(6)22-19-28/h14-15,24-32H,7-13,16-23H2,1-6H3/t25-,26-,27?,29?,30-,31+,32+,34+/m0/s1. The summed E-state index contributed by atoms with van der Waals surface area (Å²) in [5.41, 5.74) is 0.347. The highest BCUT2D eigenvalue weighted by Crippen LogP contribution is 2.59. The van der Waals surface area contributed by atoms with Crippen LogP contribution in [0.25, 0.3) is 0 Å². The zero-order valence-electron chi connectivity index (χ0n) is 25.6. The highest BCUT2D eigenvalue weighted by atomic mass is 16.7. The Morgan fingerprint density at radius 2 is 1.66 bits per heavy atom. The van der Waals surface area contributed by atoms with Crippen LogP contribution in [0, 0.1) is 46.8 Å². The van der Waals surface area contributed by atoms with E-state index >= 15 is 0 Å². The van der Waals surface area contributed by atoms with E-state index in [1.165, 1.54) is 57.8 Å². The molecule has 0 spiro atoms. The number of hydrogen-bond acceptors (Lipinski definition) is 4. The summed E-state index contributed by atoms with van der Waals surface area (Å²) < 4.78 is 11.6. The SMILES string of the molecule is CC(C)CCC[C@H](C)CCC[C@@H]1[C@H]2C=CC3CC(OC(=O)OC4CCN(C)CC4)CC[C@@]3(C)[C@@H]2CC[C@@H]1C. The Morgan fingerprint density at radius 1 is 0.947 bits per heavy atom. The van der Waals surface area contributed by atoms with E-state index in [4.69, 9.17) is 9.47 Å². The molecule has 4 aliphatic rings. The van der Waals surface area contributed by atoms with Crippen LogP contribution in [0.15, 0.2) is 12.2 Å². The van der Waals surface area contributed by atoms with Gasteiger partial charge < -0.3 is 14.4 Å². The van der Waals surface area contributed by atoms with Gasteiger partial charge >= 0.3 is 6.16 Å². The smallest absolute Gasteiger partial charge is 0.431 e. The minimum absolute atomic E-state index is 0.00327. The van der Waals surface area contributed by atoms with E-state index in [2.05, 4.69) is 58.7 Å². The van der Waals surface area contributed by atoms with Crippen LogP contribution in [0.4, 0.5) is 4.79 Å². The molecule has 0 N–H and O–H groups in total. The molecule has 0 radical (unpaired) electrons. The summed E-state index contributed by atoms with van der Waals surface area (Å²) in [5, 5.41) is 0. The van der Waals surface area contributed by atoms with Gasteiger partial charge in [-0.15, -0.1) is 0 Å².